The number of benzene rings is 2. The van der Waals surface area contributed by atoms with Gasteiger partial charge in [0.1, 0.15) is 5.75 Å². The second-order valence-electron chi connectivity index (χ2n) is 6.80. The lowest BCUT2D eigenvalue weighted by Gasteiger charge is -2.34. The molecule has 0 bridgehead atoms. The Bertz CT molecular complexity index is 872. The third-order valence-corrected chi connectivity index (χ3v) is 6.87. The average molecular weight is 375 g/mol. The number of aryl methyl sites for hydroxylation is 2. The summed E-state index contributed by atoms with van der Waals surface area (Å²) in [6.45, 7) is 7.05. The predicted molar refractivity (Wildman–Crippen MR) is 103 cm³/mol. The average Bonchev–Trinajstić information content (AvgIpc) is 2.64. The molecule has 0 atom stereocenters. The highest BCUT2D eigenvalue weighted by Gasteiger charge is 2.29. The highest BCUT2D eigenvalue weighted by Crippen LogP contribution is 2.23. The van der Waals surface area contributed by atoms with Gasteiger partial charge in [-0.25, -0.2) is 8.42 Å². The molecule has 6 heteroatoms. The molecule has 1 saturated heterocycles. The maximum absolute atomic E-state index is 13.0. The number of methoxy groups -OCH3 is 1. The minimum Gasteiger partial charge on any atom is -0.497 e. The van der Waals surface area contributed by atoms with E-state index in [4.69, 9.17) is 4.74 Å². The zero-order valence-electron chi connectivity index (χ0n) is 15.6. The smallest absolute Gasteiger partial charge is 0.243 e. The van der Waals surface area contributed by atoms with E-state index in [-0.39, 0.29) is 0 Å². The number of ether oxygens (including phenoxy) is 1. The predicted octanol–water partition coefficient (Wildman–Crippen LogP) is 2.82. The van der Waals surface area contributed by atoms with Crippen molar-refractivity contribution in [2.45, 2.75) is 25.3 Å². The molecule has 0 unspecified atom stereocenters. The number of rotatable bonds is 5. The maximum Gasteiger partial charge on any atom is 0.243 e. The van der Waals surface area contributed by atoms with E-state index in [9.17, 15) is 8.42 Å². The van der Waals surface area contributed by atoms with Gasteiger partial charge in [0.05, 0.1) is 12.0 Å². The van der Waals surface area contributed by atoms with Gasteiger partial charge in [-0.05, 0) is 48.7 Å². The Balaban J connectivity index is 1.67. The molecular formula is C20H26N2O3S. The van der Waals surface area contributed by atoms with Crippen LogP contribution in [-0.4, -0.2) is 50.9 Å². The van der Waals surface area contributed by atoms with Crippen LogP contribution >= 0.6 is 0 Å². The minimum absolute atomic E-state index is 0.429. The summed E-state index contributed by atoms with van der Waals surface area (Å²) in [6.07, 6.45) is 0. The van der Waals surface area contributed by atoms with Gasteiger partial charge in [0, 0.05) is 32.7 Å². The van der Waals surface area contributed by atoms with Gasteiger partial charge in [-0.15, -0.1) is 0 Å². The standard InChI is InChI=1S/C20H26N2O3S/c1-16-7-8-17(2)20(13-16)26(23,24)22-11-9-21(10-12-22)15-18-5-4-6-19(14-18)25-3/h4-8,13-14H,9-12,15H2,1-3H3. The Labute approximate surface area is 156 Å². The third-order valence-electron chi connectivity index (χ3n) is 4.83. The normalized spacial score (nSPS) is 16.6. The Morgan fingerprint density at radius 1 is 1.00 bits per heavy atom. The van der Waals surface area contributed by atoms with Crippen LogP contribution in [0, 0.1) is 13.8 Å². The van der Waals surface area contributed by atoms with Crippen LogP contribution in [0.2, 0.25) is 0 Å². The van der Waals surface area contributed by atoms with Crippen molar-refractivity contribution in [2.24, 2.45) is 0 Å². The van der Waals surface area contributed by atoms with Gasteiger partial charge in [-0.3, -0.25) is 4.90 Å². The van der Waals surface area contributed by atoms with Crippen molar-refractivity contribution in [3.05, 3.63) is 59.2 Å². The van der Waals surface area contributed by atoms with Crippen LogP contribution in [0.5, 0.6) is 5.75 Å². The lowest BCUT2D eigenvalue weighted by molar-refractivity contribution is 0.181. The molecule has 0 saturated carbocycles. The molecule has 0 spiro atoms. The fourth-order valence-corrected chi connectivity index (χ4v) is 5.01. The number of sulfonamides is 1. The summed E-state index contributed by atoms with van der Waals surface area (Å²) in [7, 11) is -1.77. The maximum atomic E-state index is 13.0. The van der Waals surface area contributed by atoms with Crippen molar-refractivity contribution in [3.8, 4) is 5.75 Å². The topological polar surface area (TPSA) is 49.9 Å². The van der Waals surface area contributed by atoms with E-state index >= 15 is 0 Å². The quantitative estimate of drug-likeness (QED) is 0.808. The van der Waals surface area contributed by atoms with Crippen molar-refractivity contribution >= 4 is 10.0 Å². The molecule has 0 N–H and O–H groups in total. The van der Waals surface area contributed by atoms with E-state index in [1.54, 1.807) is 17.5 Å². The van der Waals surface area contributed by atoms with Crippen molar-refractivity contribution < 1.29 is 13.2 Å². The molecule has 1 aliphatic heterocycles. The molecule has 2 aromatic rings. The largest absolute Gasteiger partial charge is 0.497 e. The summed E-state index contributed by atoms with van der Waals surface area (Å²) in [6, 6.07) is 13.6. The zero-order chi connectivity index (χ0) is 18.7. The highest BCUT2D eigenvalue weighted by molar-refractivity contribution is 7.89. The second kappa shape index (κ2) is 7.78. The Kier molecular flexibility index (Phi) is 5.65. The fraction of sp³-hybridized carbons (Fsp3) is 0.400. The molecule has 2 aromatic carbocycles. The first-order chi connectivity index (χ1) is 12.4. The lowest BCUT2D eigenvalue weighted by atomic mass is 10.2. The Morgan fingerprint density at radius 2 is 1.73 bits per heavy atom. The summed E-state index contributed by atoms with van der Waals surface area (Å²) in [5.41, 5.74) is 2.94. The van der Waals surface area contributed by atoms with Crippen molar-refractivity contribution in [3.63, 3.8) is 0 Å². The van der Waals surface area contributed by atoms with Crippen LogP contribution in [0.3, 0.4) is 0 Å². The SMILES string of the molecule is COc1cccc(CN2CCN(S(=O)(=O)c3cc(C)ccc3C)CC2)c1. The lowest BCUT2D eigenvalue weighted by Crippen LogP contribution is -2.48. The van der Waals surface area contributed by atoms with Crippen LogP contribution in [0.25, 0.3) is 0 Å². The van der Waals surface area contributed by atoms with E-state index in [0.717, 1.165) is 36.5 Å². The van der Waals surface area contributed by atoms with Crippen LogP contribution in [0.1, 0.15) is 16.7 Å². The van der Waals surface area contributed by atoms with E-state index in [1.807, 2.05) is 44.2 Å². The van der Waals surface area contributed by atoms with Gasteiger partial charge >= 0.3 is 0 Å². The molecule has 26 heavy (non-hydrogen) atoms. The second-order valence-corrected chi connectivity index (χ2v) is 8.71. The highest BCUT2D eigenvalue weighted by atomic mass is 32.2. The minimum atomic E-state index is -3.44. The Hall–Kier alpha value is -1.89. The summed E-state index contributed by atoms with van der Waals surface area (Å²) < 4.78 is 32.9. The molecule has 0 radical (unpaired) electrons. The van der Waals surface area contributed by atoms with Gasteiger partial charge in [0.25, 0.3) is 0 Å². The molecular weight excluding hydrogens is 348 g/mol. The molecule has 5 nitrogen and oxygen atoms in total. The van der Waals surface area contributed by atoms with Crippen LogP contribution in [0.4, 0.5) is 0 Å². The van der Waals surface area contributed by atoms with Crippen molar-refractivity contribution in [2.75, 3.05) is 33.3 Å². The van der Waals surface area contributed by atoms with Crippen molar-refractivity contribution in [1.29, 1.82) is 0 Å². The van der Waals surface area contributed by atoms with Crippen LogP contribution < -0.4 is 4.74 Å². The fourth-order valence-electron chi connectivity index (χ4n) is 3.28. The number of hydrogen-bond donors (Lipinski definition) is 0. The van der Waals surface area contributed by atoms with Gasteiger partial charge in [0.2, 0.25) is 10.0 Å². The van der Waals surface area contributed by atoms with E-state index in [0.29, 0.717) is 18.0 Å². The first kappa shape index (κ1) is 18.9. The molecule has 1 heterocycles. The van der Waals surface area contributed by atoms with Crippen LogP contribution in [-0.2, 0) is 16.6 Å². The summed E-state index contributed by atoms with van der Waals surface area (Å²) in [5, 5.41) is 0. The van der Waals surface area contributed by atoms with E-state index < -0.39 is 10.0 Å². The first-order valence-electron chi connectivity index (χ1n) is 8.83. The Morgan fingerprint density at radius 3 is 2.42 bits per heavy atom. The molecule has 0 aliphatic carbocycles. The molecule has 140 valence electrons. The van der Waals surface area contributed by atoms with E-state index in [2.05, 4.69) is 11.0 Å². The van der Waals surface area contributed by atoms with Gasteiger partial charge in [-0.1, -0.05) is 24.3 Å². The number of nitrogens with zero attached hydrogens (tertiary/aromatic N) is 2. The van der Waals surface area contributed by atoms with Gasteiger partial charge in [-0.2, -0.15) is 4.31 Å². The van der Waals surface area contributed by atoms with E-state index in [1.165, 1.54) is 5.56 Å². The summed E-state index contributed by atoms with van der Waals surface area (Å²) in [4.78, 5) is 2.71. The molecule has 3 rings (SSSR count). The van der Waals surface area contributed by atoms with Gasteiger partial charge in [0.15, 0.2) is 0 Å². The summed E-state index contributed by atoms with van der Waals surface area (Å²) >= 11 is 0. The van der Waals surface area contributed by atoms with Gasteiger partial charge < -0.3 is 4.74 Å². The third kappa shape index (κ3) is 4.09. The number of piperazine rings is 1. The number of hydrogen-bond acceptors (Lipinski definition) is 4. The zero-order valence-corrected chi connectivity index (χ0v) is 16.4. The van der Waals surface area contributed by atoms with Crippen molar-refractivity contribution in [1.82, 2.24) is 9.21 Å². The molecule has 1 fully saturated rings. The molecule has 0 amide bonds. The monoisotopic (exact) mass is 374 g/mol. The molecule has 1 aliphatic rings. The molecule has 0 aromatic heterocycles. The van der Waals surface area contributed by atoms with Crippen LogP contribution in [0.15, 0.2) is 47.4 Å². The summed E-state index contributed by atoms with van der Waals surface area (Å²) in [5.74, 6) is 0.846. The first-order valence-corrected chi connectivity index (χ1v) is 10.3.